The highest BCUT2D eigenvalue weighted by Crippen LogP contribution is 2.09. The first-order valence-corrected chi connectivity index (χ1v) is 15.4. The second-order valence-corrected chi connectivity index (χ2v) is 9.57. The highest BCUT2D eigenvalue weighted by atomic mass is 16.7. The minimum atomic E-state index is 0.362. The minimum Gasteiger partial charge on any atom is -0.355 e. The van der Waals surface area contributed by atoms with Gasteiger partial charge in [-0.1, -0.05) is 129 Å². The fraction of sp³-hybridized carbons (Fsp3) is 0.875. The van der Waals surface area contributed by atoms with Gasteiger partial charge in [-0.15, -0.1) is 0 Å². The topological polar surface area (TPSA) is 27.7 Å². The van der Waals surface area contributed by atoms with E-state index in [0.717, 1.165) is 26.1 Å². The monoisotopic (exact) mass is 496 g/mol. The van der Waals surface area contributed by atoms with Crippen LogP contribution in [0.15, 0.2) is 24.3 Å². The molecule has 0 amide bonds. The number of ether oxygens (including phenoxy) is 3. The summed E-state index contributed by atoms with van der Waals surface area (Å²) < 4.78 is 15.8. The van der Waals surface area contributed by atoms with Crippen molar-refractivity contribution in [2.45, 2.75) is 156 Å². The summed E-state index contributed by atoms with van der Waals surface area (Å²) in [4.78, 5) is 0. The zero-order valence-corrected chi connectivity index (χ0v) is 24.5. The first kappa shape index (κ1) is 36.5. The van der Waals surface area contributed by atoms with Crippen molar-refractivity contribution < 1.29 is 14.2 Å². The van der Waals surface area contributed by atoms with Crippen molar-refractivity contribution in [3.8, 4) is 0 Å². The van der Waals surface area contributed by atoms with E-state index in [2.05, 4.69) is 52.0 Å². The molecule has 0 aliphatic carbocycles. The lowest BCUT2D eigenvalue weighted by Gasteiger charge is -2.06. The molecule has 0 saturated heterocycles. The van der Waals surface area contributed by atoms with Crippen molar-refractivity contribution in [3.63, 3.8) is 0 Å². The fourth-order valence-corrected chi connectivity index (χ4v) is 3.61. The summed E-state index contributed by atoms with van der Waals surface area (Å²) in [6.45, 7) is 11.2. The van der Waals surface area contributed by atoms with E-state index in [1.54, 1.807) is 0 Å². The minimum absolute atomic E-state index is 0.362. The molecule has 0 heterocycles. The van der Waals surface area contributed by atoms with Gasteiger partial charge in [0.15, 0.2) is 0 Å². The van der Waals surface area contributed by atoms with E-state index in [0.29, 0.717) is 13.6 Å². The third-order valence-corrected chi connectivity index (χ3v) is 5.90. The standard InChI is InChI=1S/C18H34.C14H30O3/c1-3-5-7-9-11-13-15-17-18-16-14-12-10-8-6-4-2;1-3-5-7-9-11-15-13-17-14-16-12-10-8-6-4-2/h5,7,10,12H,3-4,6,8-9,11,13-18H2,1-2H3;3-14H2,1-2H3/b7-5+,12-10-;. The van der Waals surface area contributed by atoms with Gasteiger partial charge in [0.1, 0.15) is 13.6 Å². The van der Waals surface area contributed by atoms with Gasteiger partial charge < -0.3 is 14.2 Å². The van der Waals surface area contributed by atoms with E-state index in [1.165, 1.54) is 116 Å². The summed E-state index contributed by atoms with van der Waals surface area (Å²) in [6.07, 6.45) is 35.4. The number of hydrogen-bond acceptors (Lipinski definition) is 3. The molecule has 0 aliphatic rings. The van der Waals surface area contributed by atoms with E-state index in [-0.39, 0.29) is 0 Å². The molecule has 0 rings (SSSR count). The van der Waals surface area contributed by atoms with Crippen LogP contribution in [0.25, 0.3) is 0 Å². The maximum Gasteiger partial charge on any atom is 0.149 e. The molecule has 3 heteroatoms. The van der Waals surface area contributed by atoms with Crippen LogP contribution in [0.1, 0.15) is 156 Å². The van der Waals surface area contributed by atoms with Crippen molar-refractivity contribution in [1.82, 2.24) is 0 Å². The number of allylic oxidation sites excluding steroid dienone is 4. The smallest absolute Gasteiger partial charge is 0.149 e. The second-order valence-electron chi connectivity index (χ2n) is 9.57. The van der Waals surface area contributed by atoms with Crippen LogP contribution in [0.5, 0.6) is 0 Å². The van der Waals surface area contributed by atoms with E-state index in [4.69, 9.17) is 14.2 Å². The summed E-state index contributed by atoms with van der Waals surface area (Å²) in [6, 6.07) is 0. The third-order valence-electron chi connectivity index (χ3n) is 5.90. The first-order chi connectivity index (χ1) is 17.3. The molecule has 35 heavy (non-hydrogen) atoms. The van der Waals surface area contributed by atoms with Crippen LogP contribution in [-0.4, -0.2) is 26.8 Å². The SMILES string of the molecule is CC/C=C/CCCCCCCC/C=C\CCCC.CCCCCCOCOCOCCCCCC. The summed E-state index contributed by atoms with van der Waals surface area (Å²) >= 11 is 0. The van der Waals surface area contributed by atoms with Crippen molar-refractivity contribution in [2.24, 2.45) is 0 Å². The summed E-state index contributed by atoms with van der Waals surface area (Å²) in [5.41, 5.74) is 0. The molecule has 0 fully saturated rings. The predicted octanol–water partition coefficient (Wildman–Crippen LogP) is 10.9. The lowest BCUT2D eigenvalue weighted by molar-refractivity contribution is -0.131. The molecule has 0 atom stereocenters. The molecule has 0 saturated carbocycles. The van der Waals surface area contributed by atoms with Gasteiger partial charge in [-0.2, -0.15) is 0 Å². The fourth-order valence-electron chi connectivity index (χ4n) is 3.61. The molecule has 0 bridgehead atoms. The van der Waals surface area contributed by atoms with Gasteiger partial charge in [-0.3, -0.25) is 0 Å². The quantitative estimate of drug-likeness (QED) is 0.0642. The van der Waals surface area contributed by atoms with Crippen molar-refractivity contribution in [3.05, 3.63) is 24.3 Å². The van der Waals surface area contributed by atoms with Crippen molar-refractivity contribution in [1.29, 1.82) is 0 Å². The lowest BCUT2D eigenvalue weighted by atomic mass is 10.1. The Morgan fingerprint density at radius 3 is 1.23 bits per heavy atom. The Hall–Kier alpha value is -0.640. The van der Waals surface area contributed by atoms with Gasteiger partial charge in [0.05, 0.1) is 0 Å². The van der Waals surface area contributed by atoms with Gasteiger partial charge >= 0.3 is 0 Å². The molecule has 0 unspecified atom stereocenters. The van der Waals surface area contributed by atoms with E-state index >= 15 is 0 Å². The van der Waals surface area contributed by atoms with Crippen LogP contribution >= 0.6 is 0 Å². The van der Waals surface area contributed by atoms with Crippen molar-refractivity contribution in [2.75, 3.05) is 26.8 Å². The van der Waals surface area contributed by atoms with Gasteiger partial charge in [0.2, 0.25) is 0 Å². The average Bonchev–Trinajstić information content (AvgIpc) is 2.87. The van der Waals surface area contributed by atoms with Crippen LogP contribution in [0.2, 0.25) is 0 Å². The first-order valence-electron chi connectivity index (χ1n) is 15.4. The zero-order valence-electron chi connectivity index (χ0n) is 24.5. The van der Waals surface area contributed by atoms with E-state index in [1.807, 2.05) is 0 Å². The molecule has 0 aromatic carbocycles. The molecule has 0 N–H and O–H groups in total. The molecular weight excluding hydrogens is 432 g/mol. The maximum absolute atomic E-state index is 5.32. The Labute approximate surface area is 221 Å². The van der Waals surface area contributed by atoms with Crippen LogP contribution in [0.4, 0.5) is 0 Å². The van der Waals surface area contributed by atoms with Gasteiger partial charge in [-0.05, 0) is 51.4 Å². The molecule has 0 spiro atoms. The summed E-state index contributed by atoms with van der Waals surface area (Å²) in [5, 5.41) is 0. The predicted molar refractivity (Wildman–Crippen MR) is 156 cm³/mol. The van der Waals surface area contributed by atoms with Gasteiger partial charge in [-0.25, -0.2) is 0 Å². The molecule has 3 nitrogen and oxygen atoms in total. The molecule has 0 aromatic rings. The molecule has 210 valence electrons. The van der Waals surface area contributed by atoms with Crippen LogP contribution in [0.3, 0.4) is 0 Å². The molecule has 0 aliphatic heterocycles. The lowest BCUT2D eigenvalue weighted by Crippen LogP contribution is -2.06. The highest BCUT2D eigenvalue weighted by molar-refractivity contribution is 4.81. The van der Waals surface area contributed by atoms with Gasteiger partial charge in [0, 0.05) is 13.2 Å². The summed E-state index contributed by atoms with van der Waals surface area (Å²) in [7, 11) is 0. The maximum atomic E-state index is 5.32. The van der Waals surface area contributed by atoms with Crippen LogP contribution in [-0.2, 0) is 14.2 Å². The number of rotatable bonds is 27. The Kier molecular flexibility index (Phi) is 39.5. The summed E-state index contributed by atoms with van der Waals surface area (Å²) in [5.74, 6) is 0. The molecule has 0 radical (unpaired) electrons. The molecule has 0 aromatic heterocycles. The van der Waals surface area contributed by atoms with E-state index in [9.17, 15) is 0 Å². The third kappa shape index (κ3) is 40.8. The molecular formula is C32H64O3. The Morgan fingerprint density at radius 1 is 0.371 bits per heavy atom. The Balaban J connectivity index is 0. The Morgan fingerprint density at radius 2 is 0.771 bits per heavy atom. The number of hydrogen-bond donors (Lipinski definition) is 0. The average molecular weight is 497 g/mol. The largest absolute Gasteiger partial charge is 0.355 e. The van der Waals surface area contributed by atoms with Crippen LogP contribution in [0, 0.1) is 0 Å². The van der Waals surface area contributed by atoms with Crippen LogP contribution < -0.4 is 0 Å². The van der Waals surface area contributed by atoms with Gasteiger partial charge in [0.25, 0.3) is 0 Å². The van der Waals surface area contributed by atoms with E-state index < -0.39 is 0 Å². The second kappa shape index (κ2) is 37.9. The number of unbranched alkanes of at least 4 members (excludes halogenated alkanes) is 15. The van der Waals surface area contributed by atoms with Crippen molar-refractivity contribution >= 4 is 0 Å². The highest BCUT2D eigenvalue weighted by Gasteiger charge is 1.92. The normalized spacial score (nSPS) is 11.4. The zero-order chi connectivity index (χ0) is 25.9. The Bertz CT molecular complexity index is 378.